The SMILES string of the molecule is CC(C)(C)C(=O)C(Oc1ccccc1)c1cn[nH]n1. The molecule has 100 valence electrons. The summed E-state index contributed by atoms with van der Waals surface area (Å²) in [6, 6.07) is 9.23. The third-order valence-electron chi connectivity index (χ3n) is 2.68. The first-order chi connectivity index (χ1) is 8.98. The lowest BCUT2D eigenvalue weighted by Crippen LogP contribution is -2.30. The van der Waals surface area contributed by atoms with Crippen LogP contribution in [0.4, 0.5) is 0 Å². The normalized spacial score (nSPS) is 13.0. The number of hydrogen-bond donors (Lipinski definition) is 1. The van der Waals surface area contributed by atoms with Crippen LogP contribution in [0.25, 0.3) is 0 Å². The predicted octanol–water partition coefficient (Wildman–Crippen LogP) is 2.54. The standard InChI is InChI=1S/C14H17N3O2/c1-14(2,3)13(18)12(11-9-15-17-16-11)19-10-7-5-4-6-8-10/h4-9,12H,1-3H3,(H,15,16,17). The lowest BCUT2D eigenvalue weighted by atomic mass is 9.86. The van der Waals surface area contributed by atoms with Gasteiger partial charge in [0.05, 0.1) is 6.20 Å². The van der Waals surface area contributed by atoms with Gasteiger partial charge in [-0.05, 0) is 12.1 Å². The number of carbonyl (C=O) groups is 1. The summed E-state index contributed by atoms with van der Waals surface area (Å²) < 4.78 is 5.78. The maximum absolute atomic E-state index is 12.5. The van der Waals surface area contributed by atoms with Crippen molar-refractivity contribution < 1.29 is 9.53 Å². The summed E-state index contributed by atoms with van der Waals surface area (Å²) in [7, 11) is 0. The fourth-order valence-electron chi connectivity index (χ4n) is 1.61. The molecule has 19 heavy (non-hydrogen) atoms. The van der Waals surface area contributed by atoms with Gasteiger partial charge >= 0.3 is 0 Å². The highest BCUT2D eigenvalue weighted by Gasteiger charge is 2.34. The molecule has 0 saturated heterocycles. The number of H-pyrrole nitrogens is 1. The molecule has 1 aromatic heterocycles. The number of aromatic amines is 1. The van der Waals surface area contributed by atoms with Crippen molar-refractivity contribution in [3.05, 3.63) is 42.2 Å². The minimum atomic E-state index is -0.749. The van der Waals surface area contributed by atoms with E-state index < -0.39 is 11.5 Å². The maximum atomic E-state index is 12.5. The Labute approximate surface area is 112 Å². The van der Waals surface area contributed by atoms with Gasteiger partial charge in [0.15, 0.2) is 5.78 Å². The van der Waals surface area contributed by atoms with Crippen molar-refractivity contribution in [1.82, 2.24) is 15.4 Å². The van der Waals surface area contributed by atoms with E-state index in [1.807, 2.05) is 51.1 Å². The number of rotatable bonds is 4. The van der Waals surface area contributed by atoms with Crippen molar-refractivity contribution in [2.24, 2.45) is 5.41 Å². The molecule has 2 rings (SSSR count). The molecule has 0 aliphatic carbocycles. The summed E-state index contributed by atoms with van der Waals surface area (Å²) in [5.74, 6) is 0.596. The Balaban J connectivity index is 2.28. The van der Waals surface area contributed by atoms with Crippen molar-refractivity contribution >= 4 is 5.78 Å². The van der Waals surface area contributed by atoms with E-state index in [2.05, 4.69) is 15.4 Å². The zero-order chi connectivity index (χ0) is 13.9. The second-order valence-corrected chi connectivity index (χ2v) is 5.32. The topological polar surface area (TPSA) is 67.9 Å². The first-order valence-electron chi connectivity index (χ1n) is 6.10. The Hall–Kier alpha value is -2.17. The molecule has 0 bridgehead atoms. The molecule has 0 saturated carbocycles. The predicted molar refractivity (Wildman–Crippen MR) is 70.7 cm³/mol. The minimum Gasteiger partial charge on any atom is -0.476 e. The van der Waals surface area contributed by atoms with Crippen LogP contribution in [0, 0.1) is 5.41 Å². The number of Topliss-reactive ketones (excluding diaryl/α,β-unsaturated/α-hetero) is 1. The minimum absolute atomic E-state index is 0.0368. The summed E-state index contributed by atoms with van der Waals surface area (Å²) in [5, 5.41) is 10.2. The fourth-order valence-corrected chi connectivity index (χ4v) is 1.61. The maximum Gasteiger partial charge on any atom is 0.202 e. The van der Waals surface area contributed by atoms with Gasteiger partial charge < -0.3 is 4.74 Å². The number of nitrogens with one attached hydrogen (secondary N) is 1. The number of nitrogens with zero attached hydrogens (tertiary/aromatic N) is 2. The van der Waals surface area contributed by atoms with E-state index in [1.54, 1.807) is 0 Å². The number of para-hydroxylation sites is 1. The van der Waals surface area contributed by atoms with E-state index in [1.165, 1.54) is 6.20 Å². The average Bonchev–Trinajstić information content (AvgIpc) is 2.89. The Bertz CT molecular complexity index is 530. The van der Waals surface area contributed by atoms with Gasteiger partial charge in [0.25, 0.3) is 0 Å². The first kappa shape index (κ1) is 13.3. The molecule has 2 aromatic rings. The lowest BCUT2D eigenvalue weighted by Gasteiger charge is -2.23. The van der Waals surface area contributed by atoms with Crippen molar-refractivity contribution in [3.63, 3.8) is 0 Å². The summed E-state index contributed by atoms with van der Waals surface area (Å²) in [4.78, 5) is 12.5. The molecule has 5 heteroatoms. The number of benzene rings is 1. The van der Waals surface area contributed by atoms with Gasteiger partial charge in [-0.1, -0.05) is 39.0 Å². The zero-order valence-corrected chi connectivity index (χ0v) is 11.3. The van der Waals surface area contributed by atoms with E-state index >= 15 is 0 Å². The van der Waals surface area contributed by atoms with Gasteiger partial charge in [0, 0.05) is 5.41 Å². The van der Waals surface area contributed by atoms with Crippen LogP contribution in [-0.2, 0) is 4.79 Å². The Morgan fingerprint density at radius 1 is 1.26 bits per heavy atom. The monoisotopic (exact) mass is 259 g/mol. The van der Waals surface area contributed by atoms with Gasteiger partial charge in [-0.15, -0.1) is 0 Å². The quantitative estimate of drug-likeness (QED) is 0.916. The van der Waals surface area contributed by atoms with Gasteiger partial charge in [0.1, 0.15) is 11.4 Å². The Morgan fingerprint density at radius 3 is 2.47 bits per heavy atom. The Kier molecular flexibility index (Phi) is 3.64. The molecule has 1 N–H and O–H groups in total. The lowest BCUT2D eigenvalue weighted by molar-refractivity contribution is -0.134. The third kappa shape index (κ3) is 3.19. The number of aromatic nitrogens is 3. The van der Waals surface area contributed by atoms with Gasteiger partial charge in [-0.25, -0.2) is 0 Å². The number of carbonyl (C=O) groups excluding carboxylic acids is 1. The van der Waals surface area contributed by atoms with E-state index in [4.69, 9.17) is 4.74 Å². The van der Waals surface area contributed by atoms with Crippen LogP contribution in [0.1, 0.15) is 32.6 Å². The molecule has 5 nitrogen and oxygen atoms in total. The first-order valence-corrected chi connectivity index (χ1v) is 6.10. The van der Waals surface area contributed by atoms with Gasteiger partial charge in [-0.2, -0.15) is 15.4 Å². The highest BCUT2D eigenvalue weighted by atomic mass is 16.5. The molecule has 0 spiro atoms. The number of hydrogen-bond acceptors (Lipinski definition) is 4. The van der Waals surface area contributed by atoms with Crippen LogP contribution in [0.15, 0.2) is 36.5 Å². The van der Waals surface area contributed by atoms with E-state index in [0.717, 1.165) is 0 Å². The second kappa shape index (κ2) is 5.22. The van der Waals surface area contributed by atoms with Crippen LogP contribution < -0.4 is 4.74 Å². The van der Waals surface area contributed by atoms with Crippen LogP contribution in [-0.4, -0.2) is 21.2 Å². The summed E-state index contributed by atoms with van der Waals surface area (Å²) in [6.45, 7) is 5.57. The van der Waals surface area contributed by atoms with Crippen LogP contribution in [0.3, 0.4) is 0 Å². The fraction of sp³-hybridized carbons (Fsp3) is 0.357. The summed E-state index contributed by atoms with van der Waals surface area (Å²) >= 11 is 0. The smallest absolute Gasteiger partial charge is 0.202 e. The highest BCUT2D eigenvalue weighted by Crippen LogP contribution is 2.28. The van der Waals surface area contributed by atoms with Crippen LogP contribution >= 0.6 is 0 Å². The molecule has 1 unspecified atom stereocenters. The van der Waals surface area contributed by atoms with Crippen molar-refractivity contribution in [2.75, 3.05) is 0 Å². The molecule has 0 aliphatic rings. The second-order valence-electron chi connectivity index (χ2n) is 5.32. The van der Waals surface area contributed by atoms with Crippen molar-refractivity contribution in [3.8, 4) is 5.75 Å². The molecule has 1 atom stereocenters. The molecule has 1 aromatic carbocycles. The average molecular weight is 259 g/mol. The van der Waals surface area contributed by atoms with E-state index in [0.29, 0.717) is 11.4 Å². The van der Waals surface area contributed by atoms with Crippen molar-refractivity contribution in [1.29, 1.82) is 0 Å². The molecule has 0 amide bonds. The number of ether oxygens (including phenoxy) is 1. The zero-order valence-electron chi connectivity index (χ0n) is 11.3. The van der Waals surface area contributed by atoms with Crippen LogP contribution in [0.2, 0.25) is 0 Å². The summed E-state index contributed by atoms with van der Waals surface area (Å²) in [6.07, 6.45) is 0.762. The van der Waals surface area contributed by atoms with E-state index in [-0.39, 0.29) is 5.78 Å². The van der Waals surface area contributed by atoms with E-state index in [9.17, 15) is 4.79 Å². The molecule has 0 aliphatic heterocycles. The Morgan fingerprint density at radius 2 is 1.95 bits per heavy atom. The van der Waals surface area contributed by atoms with Gasteiger partial charge in [-0.3, -0.25) is 4.79 Å². The number of ketones is 1. The molecular weight excluding hydrogens is 242 g/mol. The molecule has 0 radical (unpaired) electrons. The molecule has 0 fully saturated rings. The molecular formula is C14H17N3O2. The largest absolute Gasteiger partial charge is 0.476 e. The van der Waals surface area contributed by atoms with Crippen molar-refractivity contribution in [2.45, 2.75) is 26.9 Å². The highest BCUT2D eigenvalue weighted by molar-refractivity contribution is 5.88. The van der Waals surface area contributed by atoms with Gasteiger partial charge in [0.2, 0.25) is 6.10 Å². The molecule has 1 heterocycles. The van der Waals surface area contributed by atoms with Crippen LogP contribution in [0.5, 0.6) is 5.75 Å². The summed E-state index contributed by atoms with van der Waals surface area (Å²) in [5.41, 5.74) is -0.0259. The third-order valence-corrected chi connectivity index (χ3v) is 2.68.